The van der Waals surface area contributed by atoms with Gasteiger partial charge in [0.2, 0.25) is 0 Å². The molecule has 0 aliphatic heterocycles. The highest BCUT2D eigenvalue weighted by Crippen LogP contribution is 2.43. The molecule has 0 radical (unpaired) electrons. The van der Waals surface area contributed by atoms with Crippen LogP contribution in [0.2, 0.25) is 0 Å². The fraction of sp³-hybridized carbons (Fsp3) is 0.964. The quantitative estimate of drug-likeness (QED) is 0.170. The third-order valence-electron chi connectivity index (χ3n) is 7.74. The molecule has 0 rings (SSSR count). The van der Waals surface area contributed by atoms with Gasteiger partial charge in [0.05, 0.1) is 48.8 Å². The normalized spacial score (nSPS) is 15.0. The van der Waals surface area contributed by atoms with Crippen LogP contribution in [-0.4, -0.2) is 61.4 Å². The van der Waals surface area contributed by atoms with Crippen molar-refractivity contribution in [1.82, 2.24) is 0 Å². The van der Waals surface area contributed by atoms with Crippen LogP contribution in [0.3, 0.4) is 0 Å². The van der Waals surface area contributed by atoms with Crippen molar-refractivity contribution in [1.29, 1.82) is 0 Å². The summed E-state index contributed by atoms with van der Waals surface area (Å²) in [6.45, 7) is 31.3. The molecule has 204 valence electrons. The second-order valence-corrected chi connectivity index (χ2v) is 12.5. The second kappa shape index (κ2) is 13.0. The van der Waals surface area contributed by atoms with Gasteiger partial charge in [-0.05, 0) is 68.7 Å². The Morgan fingerprint density at radius 3 is 1.82 bits per heavy atom. The second-order valence-electron chi connectivity index (χ2n) is 12.5. The summed E-state index contributed by atoms with van der Waals surface area (Å²) in [7, 11) is 0. The average molecular weight is 489 g/mol. The molecule has 0 aromatic heterocycles. The van der Waals surface area contributed by atoms with Crippen LogP contribution in [0.4, 0.5) is 0 Å². The highest BCUT2D eigenvalue weighted by atomic mass is 16.6. The number of ether oxygens (including phenoxy) is 5. The van der Waals surface area contributed by atoms with Crippen LogP contribution in [0.5, 0.6) is 0 Å². The lowest BCUT2D eigenvalue weighted by atomic mass is 9.71. The molecule has 0 aromatic carbocycles. The summed E-state index contributed by atoms with van der Waals surface area (Å²) in [6, 6.07) is 0. The van der Waals surface area contributed by atoms with E-state index in [2.05, 4.69) is 76.2 Å². The monoisotopic (exact) mass is 488 g/mol. The van der Waals surface area contributed by atoms with E-state index in [1.54, 1.807) is 6.92 Å². The zero-order chi connectivity index (χ0) is 27.0. The summed E-state index contributed by atoms with van der Waals surface area (Å²) in [5.74, 6) is -0.205. The van der Waals surface area contributed by atoms with E-state index in [4.69, 9.17) is 23.7 Å². The molecule has 0 aromatic rings. The zero-order valence-electron chi connectivity index (χ0n) is 24.8. The van der Waals surface area contributed by atoms with Gasteiger partial charge in [0, 0.05) is 17.3 Å². The van der Waals surface area contributed by atoms with Crippen molar-refractivity contribution in [2.45, 2.75) is 139 Å². The minimum Gasteiger partial charge on any atom is -0.463 e. The minimum atomic E-state index is -0.423. The van der Waals surface area contributed by atoms with Crippen LogP contribution < -0.4 is 0 Å². The molecule has 0 bridgehead atoms. The fourth-order valence-electron chi connectivity index (χ4n) is 3.17. The first-order valence-electron chi connectivity index (χ1n) is 12.9. The van der Waals surface area contributed by atoms with E-state index >= 15 is 0 Å². The van der Waals surface area contributed by atoms with Crippen LogP contribution in [-0.2, 0) is 28.5 Å². The molecule has 0 saturated heterocycles. The lowest BCUT2D eigenvalue weighted by Crippen LogP contribution is -2.54. The number of hydrogen-bond donors (Lipinski definition) is 0. The van der Waals surface area contributed by atoms with Gasteiger partial charge in [-0.2, -0.15) is 0 Å². The van der Waals surface area contributed by atoms with Gasteiger partial charge in [-0.25, -0.2) is 0 Å². The van der Waals surface area contributed by atoms with Crippen molar-refractivity contribution in [2.24, 2.45) is 10.8 Å². The van der Waals surface area contributed by atoms with E-state index < -0.39 is 5.60 Å². The number of rotatable bonds is 17. The van der Waals surface area contributed by atoms with E-state index in [-0.39, 0.29) is 46.8 Å². The van der Waals surface area contributed by atoms with Crippen LogP contribution >= 0.6 is 0 Å². The van der Waals surface area contributed by atoms with Gasteiger partial charge in [-0.15, -0.1) is 0 Å². The summed E-state index contributed by atoms with van der Waals surface area (Å²) >= 11 is 0. The summed E-state index contributed by atoms with van der Waals surface area (Å²) in [6.07, 6.45) is 1.25. The van der Waals surface area contributed by atoms with Gasteiger partial charge < -0.3 is 23.7 Å². The standard InChI is InChI=1S/C28H56O6/c1-15-23(29)30-18-19-32-25(7,8)16-17-33-28(13,14)26(9,10)22(4)34-27(11,12)24(5,6)20-31-21(2)3/h21-22H,15-20H2,1-14H3. The third-order valence-corrected chi connectivity index (χ3v) is 7.74. The Labute approximate surface area is 210 Å². The van der Waals surface area contributed by atoms with Crippen LogP contribution in [0, 0.1) is 10.8 Å². The Morgan fingerprint density at radius 1 is 0.765 bits per heavy atom. The van der Waals surface area contributed by atoms with Gasteiger partial charge >= 0.3 is 5.97 Å². The largest absolute Gasteiger partial charge is 0.463 e. The molecule has 0 saturated carbocycles. The van der Waals surface area contributed by atoms with Crippen molar-refractivity contribution in [3.63, 3.8) is 0 Å². The molecular formula is C28H56O6. The molecule has 6 nitrogen and oxygen atoms in total. The first-order chi connectivity index (χ1) is 15.2. The molecule has 0 spiro atoms. The Balaban J connectivity index is 4.93. The van der Waals surface area contributed by atoms with Crippen molar-refractivity contribution in [3.8, 4) is 0 Å². The van der Waals surface area contributed by atoms with Gasteiger partial charge in [0.15, 0.2) is 0 Å². The first-order valence-corrected chi connectivity index (χ1v) is 12.9. The van der Waals surface area contributed by atoms with Crippen LogP contribution in [0.1, 0.15) is 110 Å². The van der Waals surface area contributed by atoms with Crippen molar-refractivity contribution in [3.05, 3.63) is 0 Å². The predicted molar refractivity (Wildman–Crippen MR) is 139 cm³/mol. The SMILES string of the molecule is CCC(=O)OCCOC(C)(C)CCOC(C)(C)C(C)(C)C(C)OC(C)(C)C(C)(C)COC(C)C. The van der Waals surface area contributed by atoms with Crippen molar-refractivity contribution < 1.29 is 28.5 Å². The fourth-order valence-corrected chi connectivity index (χ4v) is 3.17. The molecule has 0 amide bonds. The van der Waals surface area contributed by atoms with Crippen molar-refractivity contribution >= 4 is 5.97 Å². The molecule has 0 fully saturated rings. The highest BCUT2D eigenvalue weighted by Gasteiger charge is 2.47. The van der Waals surface area contributed by atoms with Gasteiger partial charge in [0.25, 0.3) is 0 Å². The third kappa shape index (κ3) is 10.5. The number of hydrogen-bond acceptors (Lipinski definition) is 6. The molecule has 34 heavy (non-hydrogen) atoms. The molecule has 0 aliphatic rings. The molecular weight excluding hydrogens is 432 g/mol. The van der Waals surface area contributed by atoms with Gasteiger partial charge in [0.1, 0.15) is 6.61 Å². The molecule has 0 heterocycles. The van der Waals surface area contributed by atoms with Crippen LogP contribution in [0.15, 0.2) is 0 Å². The molecule has 1 atom stereocenters. The van der Waals surface area contributed by atoms with E-state index in [0.717, 1.165) is 6.42 Å². The first kappa shape index (κ1) is 33.3. The zero-order valence-corrected chi connectivity index (χ0v) is 24.8. The molecule has 6 heteroatoms. The van der Waals surface area contributed by atoms with E-state index in [1.165, 1.54) is 0 Å². The molecule has 1 unspecified atom stereocenters. The number of esters is 1. The van der Waals surface area contributed by atoms with E-state index in [1.807, 2.05) is 13.8 Å². The summed E-state index contributed by atoms with van der Waals surface area (Å²) < 4.78 is 30.1. The summed E-state index contributed by atoms with van der Waals surface area (Å²) in [5, 5.41) is 0. The average Bonchev–Trinajstić information content (AvgIpc) is 2.68. The minimum absolute atomic E-state index is 0.0478. The topological polar surface area (TPSA) is 63.2 Å². The number of carbonyl (C=O) groups is 1. The Morgan fingerprint density at radius 2 is 1.32 bits per heavy atom. The maximum atomic E-state index is 11.3. The molecule has 0 N–H and O–H groups in total. The number of carbonyl (C=O) groups excluding carboxylic acids is 1. The highest BCUT2D eigenvalue weighted by molar-refractivity contribution is 5.68. The van der Waals surface area contributed by atoms with Crippen LogP contribution in [0.25, 0.3) is 0 Å². The lowest BCUT2D eigenvalue weighted by Gasteiger charge is -2.50. The summed E-state index contributed by atoms with van der Waals surface area (Å²) in [5.41, 5.74) is -1.58. The maximum Gasteiger partial charge on any atom is 0.305 e. The van der Waals surface area contributed by atoms with Crippen molar-refractivity contribution in [2.75, 3.05) is 26.4 Å². The van der Waals surface area contributed by atoms with Gasteiger partial charge in [-0.1, -0.05) is 34.6 Å². The molecule has 0 aliphatic carbocycles. The maximum absolute atomic E-state index is 11.3. The smallest absolute Gasteiger partial charge is 0.305 e. The predicted octanol–water partition coefficient (Wildman–Crippen LogP) is 6.58. The van der Waals surface area contributed by atoms with Gasteiger partial charge in [-0.3, -0.25) is 4.79 Å². The van der Waals surface area contributed by atoms with E-state index in [9.17, 15) is 4.79 Å². The summed E-state index contributed by atoms with van der Waals surface area (Å²) in [4.78, 5) is 11.3. The Bertz CT molecular complexity index is 604. The van der Waals surface area contributed by atoms with E-state index in [0.29, 0.717) is 26.2 Å². The Hall–Kier alpha value is -0.690. The lowest BCUT2D eigenvalue weighted by molar-refractivity contribution is -0.218. The Kier molecular flexibility index (Phi) is 12.8.